The van der Waals surface area contributed by atoms with Gasteiger partial charge in [0.1, 0.15) is 54.9 Å². The van der Waals surface area contributed by atoms with E-state index in [9.17, 15) is 40.9 Å². The van der Waals surface area contributed by atoms with Gasteiger partial charge in [-0.15, -0.1) is 0 Å². The van der Waals surface area contributed by atoms with Crippen molar-refractivity contribution in [2.45, 2.75) is 113 Å². The maximum absolute atomic E-state index is 10.7. The zero-order chi connectivity index (χ0) is 23.2. The van der Waals surface area contributed by atoms with Crippen molar-refractivity contribution < 1.29 is 64.5 Å². The lowest BCUT2D eigenvalue weighted by Gasteiger charge is -2.47. The molecule has 3 saturated heterocycles. The SMILES string of the molecule is C[C@@H]1O[C@@H](O[C@@H]2[C@@H](O)[C@H](C)O[C@@H](O[C@@H]3[C@@H](O)[C@H](C)OC(O)[C@@H]3O)[C@@H]2O)[C@H](O)[C@H](O)[C@H]1O. The predicted octanol–water partition coefficient (Wildman–Crippen LogP) is -4.49. The molecule has 0 aromatic heterocycles. The molecule has 3 aliphatic heterocycles. The molecule has 3 aliphatic rings. The third-order valence-electron chi connectivity index (χ3n) is 5.97. The van der Waals surface area contributed by atoms with Gasteiger partial charge in [0.2, 0.25) is 0 Å². The maximum Gasteiger partial charge on any atom is 0.187 e. The highest BCUT2D eigenvalue weighted by atomic mass is 16.7. The van der Waals surface area contributed by atoms with Gasteiger partial charge in [0.05, 0.1) is 18.3 Å². The van der Waals surface area contributed by atoms with Gasteiger partial charge in [0.15, 0.2) is 18.9 Å². The van der Waals surface area contributed by atoms with E-state index in [1.54, 1.807) is 0 Å². The Kier molecular flexibility index (Phi) is 7.91. The third kappa shape index (κ3) is 4.89. The molecule has 3 heterocycles. The van der Waals surface area contributed by atoms with Crippen LogP contribution in [0.3, 0.4) is 0 Å². The highest BCUT2D eigenvalue weighted by molar-refractivity contribution is 4.94. The van der Waals surface area contributed by atoms with Crippen LogP contribution in [0.25, 0.3) is 0 Å². The van der Waals surface area contributed by atoms with Crippen LogP contribution >= 0.6 is 0 Å². The fourth-order valence-electron chi connectivity index (χ4n) is 3.88. The van der Waals surface area contributed by atoms with Crippen LogP contribution < -0.4 is 0 Å². The van der Waals surface area contributed by atoms with Crippen LogP contribution in [0.1, 0.15) is 20.8 Å². The van der Waals surface area contributed by atoms with Crippen molar-refractivity contribution in [3.63, 3.8) is 0 Å². The van der Waals surface area contributed by atoms with Crippen LogP contribution in [0.2, 0.25) is 0 Å². The molecule has 182 valence electrons. The number of rotatable bonds is 4. The minimum Gasteiger partial charge on any atom is -0.388 e. The standard InChI is InChI=1S/C18H32O13/c1-4-7(19)10(22)11(23)17(28-4)31-15-9(21)6(3)29-18(13(15)25)30-14-8(20)5(2)27-16(26)12(14)24/h4-26H,1-3H3/t4-,5-,6-,7-,8-,9-,10+,11+,12+,13+,14+,15+,16?,17-,18-/m0/s1. The van der Waals surface area contributed by atoms with E-state index in [-0.39, 0.29) is 0 Å². The Balaban J connectivity index is 1.73. The Hall–Kier alpha value is -0.520. The summed E-state index contributed by atoms with van der Waals surface area (Å²) in [4.78, 5) is 0. The van der Waals surface area contributed by atoms with Gasteiger partial charge >= 0.3 is 0 Å². The molecular weight excluding hydrogens is 424 g/mol. The van der Waals surface area contributed by atoms with Crippen molar-refractivity contribution in [2.24, 2.45) is 0 Å². The molecule has 31 heavy (non-hydrogen) atoms. The Morgan fingerprint density at radius 1 is 0.452 bits per heavy atom. The van der Waals surface area contributed by atoms with E-state index >= 15 is 0 Å². The normalized spacial score (nSPS) is 56.4. The zero-order valence-corrected chi connectivity index (χ0v) is 17.3. The second-order valence-corrected chi connectivity index (χ2v) is 8.29. The van der Waals surface area contributed by atoms with E-state index in [1.807, 2.05) is 0 Å². The van der Waals surface area contributed by atoms with Crippen LogP contribution in [0.4, 0.5) is 0 Å². The van der Waals surface area contributed by atoms with Gasteiger partial charge in [0, 0.05) is 0 Å². The van der Waals surface area contributed by atoms with E-state index in [1.165, 1.54) is 20.8 Å². The molecule has 15 atom stereocenters. The molecular formula is C18H32O13. The fourth-order valence-corrected chi connectivity index (χ4v) is 3.88. The minimum absolute atomic E-state index is 0.889. The first-order chi connectivity index (χ1) is 14.4. The summed E-state index contributed by atoms with van der Waals surface area (Å²) in [6, 6.07) is 0. The summed E-state index contributed by atoms with van der Waals surface area (Å²) in [6.45, 7) is 4.36. The molecule has 8 N–H and O–H groups in total. The molecule has 0 aliphatic carbocycles. The molecule has 0 saturated carbocycles. The highest BCUT2D eigenvalue weighted by Crippen LogP contribution is 2.32. The van der Waals surface area contributed by atoms with Gasteiger partial charge in [-0.2, -0.15) is 0 Å². The van der Waals surface area contributed by atoms with E-state index in [0.717, 1.165) is 0 Å². The van der Waals surface area contributed by atoms with Crippen molar-refractivity contribution >= 4 is 0 Å². The molecule has 13 nitrogen and oxygen atoms in total. The zero-order valence-electron chi connectivity index (χ0n) is 17.3. The molecule has 0 radical (unpaired) electrons. The number of hydrogen-bond acceptors (Lipinski definition) is 13. The lowest BCUT2D eigenvalue weighted by Crippen LogP contribution is -2.65. The first-order valence-corrected chi connectivity index (χ1v) is 10.2. The number of ether oxygens (including phenoxy) is 5. The monoisotopic (exact) mass is 456 g/mol. The lowest BCUT2D eigenvalue weighted by atomic mass is 9.96. The van der Waals surface area contributed by atoms with Gasteiger partial charge in [-0.3, -0.25) is 0 Å². The Labute approximate surface area is 178 Å². The van der Waals surface area contributed by atoms with Gasteiger partial charge in [-0.05, 0) is 20.8 Å². The molecule has 0 bridgehead atoms. The summed E-state index contributed by atoms with van der Waals surface area (Å²) in [6.07, 6.45) is -20.9. The first kappa shape index (κ1) is 25.1. The summed E-state index contributed by atoms with van der Waals surface area (Å²) in [5.41, 5.74) is 0. The Morgan fingerprint density at radius 3 is 1.42 bits per heavy atom. The average Bonchev–Trinajstić information content (AvgIpc) is 2.72. The second kappa shape index (κ2) is 9.77. The summed E-state index contributed by atoms with van der Waals surface area (Å²) < 4.78 is 26.9. The first-order valence-electron chi connectivity index (χ1n) is 10.2. The topological polar surface area (TPSA) is 208 Å². The molecule has 0 spiro atoms. The molecule has 3 fully saturated rings. The molecule has 3 rings (SSSR count). The minimum atomic E-state index is -1.68. The quantitative estimate of drug-likeness (QED) is 0.201. The fraction of sp³-hybridized carbons (Fsp3) is 1.00. The summed E-state index contributed by atoms with van der Waals surface area (Å²) in [5.74, 6) is 0. The van der Waals surface area contributed by atoms with Crippen molar-refractivity contribution in [1.82, 2.24) is 0 Å². The van der Waals surface area contributed by atoms with E-state index < -0.39 is 92.1 Å². The summed E-state index contributed by atoms with van der Waals surface area (Å²) >= 11 is 0. The van der Waals surface area contributed by atoms with Gasteiger partial charge < -0.3 is 64.5 Å². The van der Waals surface area contributed by atoms with Crippen molar-refractivity contribution in [3.8, 4) is 0 Å². The number of aliphatic hydroxyl groups excluding tert-OH is 8. The van der Waals surface area contributed by atoms with Crippen LogP contribution in [-0.4, -0.2) is 133 Å². The van der Waals surface area contributed by atoms with E-state index in [4.69, 9.17) is 23.7 Å². The molecule has 0 aromatic carbocycles. The Morgan fingerprint density at radius 2 is 0.871 bits per heavy atom. The van der Waals surface area contributed by atoms with Gasteiger partial charge in [-0.1, -0.05) is 0 Å². The maximum atomic E-state index is 10.7. The van der Waals surface area contributed by atoms with Crippen LogP contribution in [0.15, 0.2) is 0 Å². The number of hydrogen-bond donors (Lipinski definition) is 8. The van der Waals surface area contributed by atoms with Gasteiger partial charge in [0.25, 0.3) is 0 Å². The molecule has 1 unspecified atom stereocenters. The van der Waals surface area contributed by atoms with E-state index in [0.29, 0.717) is 0 Å². The molecule has 0 aromatic rings. The predicted molar refractivity (Wildman–Crippen MR) is 97.0 cm³/mol. The van der Waals surface area contributed by atoms with Crippen molar-refractivity contribution in [3.05, 3.63) is 0 Å². The van der Waals surface area contributed by atoms with Crippen molar-refractivity contribution in [2.75, 3.05) is 0 Å². The van der Waals surface area contributed by atoms with Crippen molar-refractivity contribution in [1.29, 1.82) is 0 Å². The summed E-state index contributed by atoms with van der Waals surface area (Å²) in [7, 11) is 0. The average molecular weight is 456 g/mol. The van der Waals surface area contributed by atoms with Gasteiger partial charge in [-0.25, -0.2) is 0 Å². The largest absolute Gasteiger partial charge is 0.388 e. The second-order valence-electron chi connectivity index (χ2n) is 8.29. The summed E-state index contributed by atoms with van der Waals surface area (Å²) in [5, 5.41) is 81.2. The smallest absolute Gasteiger partial charge is 0.187 e. The number of aliphatic hydroxyl groups is 8. The van der Waals surface area contributed by atoms with Crippen LogP contribution in [0, 0.1) is 0 Å². The highest BCUT2D eigenvalue weighted by Gasteiger charge is 2.52. The lowest BCUT2D eigenvalue weighted by molar-refractivity contribution is -0.373. The van der Waals surface area contributed by atoms with Crippen LogP contribution in [0.5, 0.6) is 0 Å². The van der Waals surface area contributed by atoms with Crippen LogP contribution in [-0.2, 0) is 23.7 Å². The van der Waals surface area contributed by atoms with E-state index in [2.05, 4.69) is 0 Å². The Bertz CT molecular complexity index is 581. The molecule has 13 heteroatoms. The third-order valence-corrected chi connectivity index (χ3v) is 5.97. The molecule has 0 amide bonds.